The van der Waals surface area contributed by atoms with Gasteiger partial charge in [-0.3, -0.25) is 14.4 Å². The predicted octanol–water partition coefficient (Wildman–Crippen LogP) is 3.45. The lowest BCUT2D eigenvalue weighted by Gasteiger charge is -2.11. The minimum absolute atomic E-state index is 0.162. The Balaban J connectivity index is 1.87. The molecular formula is C22H27FN2O4. The molecule has 29 heavy (non-hydrogen) atoms. The first-order valence-corrected chi connectivity index (χ1v) is 9.59. The number of carbonyl (C=O) groups is 3. The topological polar surface area (TPSA) is 77.4 Å². The fraction of sp³-hybridized carbons (Fsp3) is 0.409. The Hall–Kier alpha value is -2.96. The number of nitrogens with zero attached hydrogens (tertiary/aromatic N) is 1. The maximum Gasteiger partial charge on any atom is 0.325 e. The SMILES string of the molecule is Cc1cc(C(=O)COC(=O)CNC(=O)c2ccccc2F)c(C)n1CCC(C)C. The summed E-state index contributed by atoms with van der Waals surface area (Å²) in [5.74, 6) is -1.92. The zero-order valence-corrected chi connectivity index (χ0v) is 17.3. The number of nitrogens with one attached hydrogen (secondary N) is 1. The number of esters is 1. The number of aryl methyl sites for hydroxylation is 1. The van der Waals surface area contributed by atoms with E-state index in [-0.39, 0.29) is 11.3 Å². The van der Waals surface area contributed by atoms with Crippen molar-refractivity contribution in [3.8, 4) is 0 Å². The second-order valence-electron chi connectivity index (χ2n) is 7.37. The number of Topliss-reactive ketones (excluding diaryl/α,β-unsaturated/α-hetero) is 1. The molecule has 1 N–H and O–H groups in total. The highest BCUT2D eigenvalue weighted by Gasteiger charge is 2.18. The summed E-state index contributed by atoms with van der Waals surface area (Å²) in [5, 5.41) is 2.29. The molecule has 0 bridgehead atoms. The maximum atomic E-state index is 13.6. The van der Waals surface area contributed by atoms with Gasteiger partial charge in [0.25, 0.3) is 5.91 Å². The molecule has 2 rings (SSSR count). The van der Waals surface area contributed by atoms with E-state index in [1.54, 1.807) is 6.07 Å². The van der Waals surface area contributed by atoms with E-state index in [2.05, 4.69) is 23.7 Å². The smallest absolute Gasteiger partial charge is 0.325 e. The standard InChI is InChI=1S/C22H27FN2O4/c1-14(2)9-10-25-15(3)11-18(16(25)4)20(26)13-29-21(27)12-24-22(28)17-7-5-6-8-19(17)23/h5-8,11,14H,9-10,12-13H2,1-4H3,(H,24,28). The van der Waals surface area contributed by atoms with E-state index in [1.807, 2.05) is 13.8 Å². The number of halogens is 1. The summed E-state index contributed by atoms with van der Waals surface area (Å²) in [7, 11) is 0. The summed E-state index contributed by atoms with van der Waals surface area (Å²) in [6.45, 7) is 8.06. The lowest BCUT2D eigenvalue weighted by Crippen LogP contribution is -2.32. The van der Waals surface area contributed by atoms with Crippen molar-refractivity contribution in [2.24, 2.45) is 5.92 Å². The van der Waals surface area contributed by atoms with Crippen LogP contribution in [0.5, 0.6) is 0 Å². The van der Waals surface area contributed by atoms with Crippen LogP contribution in [0.1, 0.15) is 52.4 Å². The van der Waals surface area contributed by atoms with Crippen molar-refractivity contribution in [1.82, 2.24) is 9.88 Å². The Bertz CT molecular complexity index is 902. The number of hydrogen-bond acceptors (Lipinski definition) is 4. The number of rotatable bonds is 9. The molecule has 0 saturated heterocycles. The molecule has 0 aliphatic rings. The highest BCUT2D eigenvalue weighted by Crippen LogP contribution is 2.17. The third-order valence-corrected chi connectivity index (χ3v) is 4.68. The lowest BCUT2D eigenvalue weighted by molar-refractivity contribution is -0.141. The molecule has 0 saturated carbocycles. The van der Waals surface area contributed by atoms with Crippen molar-refractivity contribution < 1.29 is 23.5 Å². The monoisotopic (exact) mass is 402 g/mol. The van der Waals surface area contributed by atoms with Crippen molar-refractivity contribution in [3.05, 3.63) is 58.7 Å². The second kappa shape index (κ2) is 10.0. The Labute approximate surface area is 170 Å². The Morgan fingerprint density at radius 1 is 1.14 bits per heavy atom. The molecule has 2 aromatic rings. The maximum absolute atomic E-state index is 13.6. The summed E-state index contributed by atoms with van der Waals surface area (Å²) < 4.78 is 20.6. The Morgan fingerprint density at radius 2 is 1.83 bits per heavy atom. The van der Waals surface area contributed by atoms with E-state index in [9.17, 15) is 18.8 Å². The van der Waals surface area contributed by atoms with E-state index in [4.69, 9.17) is 4.74 Å². The van der Waals surface area contributed by atoms with Crippen LogP contribution in [0.3, 0.4) is 0 Å². The molecule has 156 valence electrons. The van der Waals surface area contributed by atoms with Gasteiger partial charge < -0.3 is 14.6 Å². The summed E-state index contributed by atoms with van der Waals surface area (Å²) in [6, 6.07) is 7.25. The lowest BCUT2D eigenvalue weighted by atomic mass is 10.1. The van der Waals surface area contributed by atoms with Gasteiger partial charge in [0.05, 0.1) is 5.56 Å². The van der Waals surface area contributed by atoms with E-state index < -0.39 is 30.8 Å². The number of amides is 1. The van der Waals surface area contributed by atoms with Crippen LogP contribution in [0, 0.1) is 25.6 Å². The van der Waals surface area contributed by atoms with Gasteiger partial charge in [0.15, 0.2) is 6.61 Å². The first-order chi connectivity index (χ1) is 13.7. The first-order valence-electron chi connectivity index (χ1n) is 9.59. The van der Waals surface area contributed by atoms with Gasteiger partial charge in [-0.15, -0.1) is 0 Å². The molecule has 0 aliphatic carbocycles. The minimum atomic E-state index is -0.767. The van der Waals surface area contributed by atoms with Crippen molar-refractivity contribution in [2.45, 2.75) is 40.7 Å². The van der Waals surface area contributed by atoms with E-state index in [0.29, 0.717) is 11.5 Å². The molecule has 1 aromatic carbocycles. The molecule has 1 heterocycles. The van der Waals surface area contributed by atoms with Gasteiger partial charge in [0.2, 0.25) is 5.78 Å². The fourth-order valence-corrected chi connectivity index (χ4v) is 2.98. The van der Waals surface area contributed by atoms with Crippen molar-refractivity contribution in [3.63, 3.8) is 0 Å². The molecular weight excluding hydrogens is 375 g/mol. The van der Waals surface area contributed by atoms with Crippen LogP contribution in [-0.2, 0) is 16.1 Å². The van der Waals surface area contributed by atoms with Gasteiger partial charge in [-0.05, 0) is 44.4 Å². The molecule has 6 nitrogen and oxygen atoms in total. The zero-order chi connectivity index (χ0) is 21.6. The average Bonchev–Trinajstić information content (AvgIpc) is 2.96. The largest absolute Gasteiger partial charge is 0.456 e. The number of carbonyl (C=O) groups excluding carboxylic acids is 3. The van der Waals surface area contributed by atoms with Gasteiger partial charge in [-0.2, -0.15) is 0 Å². The number of aromatic nitrogens is 1. The summed E-state index contributed by atoms with van der Waals surface area (Å²) in [6.07, 6.45) is 1.00. The van der Waals surface area contributed by atoms with Gasteiger partial charge >= 0.3 is 5.97 Å². The van der Waals surface area contributed by atoms with E-state index in [1.165, 1.54) is 18.2 Å². The van der Waals surface area contributed by atoms with Crippen LogP contribution < -0.4 is 5.32 Å². The van der Waals surface area contributed by atoms with Crippen LogP contribution in [0.25, 0.3) is 0 Å². The molecule has 0 fully saturated rings. The summed E-state index contributed by atoms with van der Waals surface area (Å²) in [5.41, 5.74) is 2.19. The van der Waals surface area contributed by atoms with Gasteiger partial charge in [-0.1, -0.05) is 26.0 Å². The zero-order valence-electron chi connectivity index (χ0n) is 17.3. The Kier molecular flexibility index (Phi) is 7.70. The Morgan fingerprint density at radius 3 is 2.48 bits per heavy atom. The van der Waals surface area contributed by atoms with Crippen molar-refractivity contribution in [2.75, 3.05) is 13.2 Å². The number of ether oxygens (including phenoxy) is 1. The summed E-state index contributed by atoms with van der Waals surface area (Å²) in [4.78, 5) is 36.2. The molecule has 0 unspecified atom stereocenters. The van der Waals surface area contributed by atoms with Crippen LogP contribution in [0.15, 0.2) is 30.3 Å². The second-order valence-corrected chi connectivity index (χ2v) is 7.37. The van der Waals surface area contributed by atoms with Crippen molar-refractivity contribution >= 4 is 17.7 Å². The quantitative estimate of drug-likeness (QED) is 0.515. The minimum Gasteiger partial charge on any atom is -0.456 e. The fourth-order valence-electron chi connectivity index (χ4n) is 2.98. The molecule has 7 heteroatoms. The first kappa shape index (κ1) is 22.3. The van der Waals surface area contributed by atoms with Gasteiger partial charge in [0, 0.05) is 23.5 Å². The number of ketones is 1. The molecule has 0 spiro atoms. The highest BCUT2D eigenvalue weighted by molar-refractivity contribution is 6.00. The normalized spacial score (nSPS) is 10.8. The van der Waals surface area contributed by atoms with E-state index >= 15 is 0 Å². The molecule has 0 atom stereocenters. The average molecular weight is 402 g/mol. The highest BCUT2D eigenvalue weighted by atomic mass is 19.1. The number of benzene rings is 1. The van der Waals surface area contributed by atoms with Crippen LogP contribution in [-0.4, -0.2) is 35.4 Å². The summed E-state index contributed by atoms with van der Waals surface area (Å²) >= 11 is 0. The van der Waals surface area contributed by atoms with Gasteiger partial charge in [-0.25, -0.2) is 4.39 Å². The molecule has 1 aromatic heterocycles. The third-order valence-electron chi connectivity index (χ3n) is 4.68. The molecule has 0 radical (unpaired) electrons. The van der Waals surface area contributed by atoms with Crippen LogP contribution in [0.2, 0.25) is 0 Å². The predicted molar refractivity (Wildman–Crippen MR) is 107 cm³/mol. The molecule has 0 aliphatic heterocycles. The van der Waals surface area contributed by atoms with Gasteiger partial charge in [0.1, 0.15) is 12.4 Å². The van der Waals surface area contributed by atoms with Crippen LogP contribution >= 0.6 is 0 Å². The third kappa shape index (κ3) is 6.01. The van der Waals surface area contributed by atoms with E-state index in [0.717, 1.165) is 30.4 Å². The molecule has 1 amide bonds. The van der Waals surface area contributed by atoms with Crippen LogP contribution in [0.4, 0.5) is 4.39 Å². The number of hydrogen-bond donors (Lipinski definition) is 1. The van der Waals surface area contributed by atoms with Crippen molar-refractivity contribution in [1.29, 1.82) is 0 Å².